The molecule has 24 heavy (non-hydrogen) atoms. The lowest BCUT2D eigenvalue weighted by Crippen LogP contribution is -2.45. The van der Waals surface area contributed by atoms with Gasteiger partial charge in [0.05, 0.1) is 10.5 Å². The van der Waals surface area contributed by atoms with Gasteiger partial charge in [-0.2, -0.15) is 0 Å². The van der Waals surface area contributed by atoms with Gasteiger partial charge in [-0.1, -0.05) is 6.92 Å². The minimum Gasteiger partial charge on any atom is -0.452 e. The Kier molecular flexibility index (Phi) is 5.73. The number of nitro groups is 1. The Hall–Kier alpha value is -2.64. The van der Waals surface area contributed by atoms with Gasteiger partial charge in [0.15, 0.2) is 6.61 Å². The number of hydrogen-bond acceptors (Lipinski definition) is 6. The van der Waals surface area contributed by atoms with E-state index in [1.165, 1.54) is 12.1 Å². The van der Waals surface area contributed by atoms with Crippen LogP contribution in [0, 0.1) is 10.1 Å². The number of hydrogen-bond donors (Lipinski definition) is 1. The molecule has 1 saturated heterocycles. The van der Waals surface area contributed by atoms with E-state index in [2.05, 4.69) is 0 Å². The Morgan fingerprint density at radius 2 is 2.17 bits per heavy atom. The summed E-state index contributed by atoms with van der Waals surface area (Å²) >= 11 is 0. The molecule has 2 N–H and O–H groups in total. The summed E-state index contributed by atoms with van der Waals surface area (Å²) in [4.78, 5) is 36.2. The molecule has 0 aromatic heterocycles. The molecule has 8 nitrogen and oxygen atoms in total. The highest BCUT2D eigenvalue weighted by atomic mass is 16.6. The van der Waals surface area contributed by atoms with Crippen LogP contribution in [-0.4, -0.2) is 40.9 Å². The summed E-state index contributed by atoms with van der Waals surface area (Å²) in [6, 6.07) is 3.85. The van der Waals surface area contributed by atoms with Crippen LogP contribution in [0.4, 0.5) is 11.4 Å². The number of carbonyl (C=O) groups excluding carboxylic acids is 2. The fourth-order valence-corrected chi connectivity index (χ4v) is 2.88. The van der Waals surface area contributed by atoms with Crippen molar-refractivity contribution >= 4 is 23.3 Å². The highest BCUT2D eigenvalue weighted by Gasteiger charge is 2.26. The van der Waals surface area contributed by atoms with Crippen molar-refractivity contribution in [1.29, 1.82) is 0 Å². The molecule has 1 aliphatic heterocycles. The van der Waals surface area contributed by atoms with Crippen molar-refractivity contribution < 1.29 is 19.2 Å². The molecule has 0 unspecified atom stereocenters. The predicted molar refractivity (Wildman–Crippen MR) is 87.4 cm³/mol. The van der Waals surface area contributed by atoms with E-state index < -0.39 is 10.9 Å². The van der Waals surface area contributed by atoms with Crippen LogP contribution in [-0.2, 0) is 9.53 Å². The minimum atomic E-state index is -0.781. The van der Waals surface area contributed by atoms with Crippen LogP contribution in [0.15, 0.2) is 18.2 Å². The number of benzene rings is 1. The van der Waals surface area contributed by atoms with E-state index in [0.29, 0.717) is 6.54 Å². The maximum Gasteiger partial charge on any atom is 0.338 e. The van der Waals surface area contributed by atoms with E-state index in [1.807, 2.05) is 6.92 Å². The molecule has 1 aromatic carbocycles. The van der Waals surface area contributed by atoms with E-state index in [-0.39, 0.29) is 35.5 Å². The van der Waals surface area contributed by atoms with Crippen molar-refractivity contribution in [3.8, 4) is 0 Å². The molecule has 0 radical (unpaired) electrons. The van der Waals surface area contributed by atoms with E-state index in [4.69, 9.17) is 10.5 Å². The number of nitrogen functional groups attached to an aromatic ring is 1. The predicted octanol–water partition coefficient (Wildman–Crippen LogP) is 2.12. The normalized spacial score (nSPS) is 17.4. The molecule has 1 heterocycles. The molecule has 0 spiro atoms. The number of amides is 1. The maximum absolute atomic E-state index is 12.3. The minimum absolute atomic E-state index is 0.00520. The molecule has 0 saturated carbocycles. The maximum atomic E-state index is 12.3. The number of esters is 1. The lowest BCUT2D eigenvalue weighted by atomic mass is 10.00. The summed E-state index contributed by atoms with van der Waals surface area (Å²) in [5, 5.41) is 10.9. The molecule has 1 atom stereocenters. The molecule has 130 valence electrons. The van der Waals surface area contributed by atoms with Crippen LogP contribution in [0.1, 0.15) is 43.0 Å². The Bertz CT molecular complexity index is 647. The van der Waals surface area contributed by atoms with Crippen molar-refractivity contribution in [2.24, 2.45) is 0 Å². The Balaban J connectivity index is 1.99. The standard InChI is InChI=1S/C16H21N3O5/c1-2-12-5-3-4-8-18(12)15(20)10-24-16(21)11-6-7-13(17)14(9-11)19(22)23/h6-7,9,12H,2-5,8,10,17H2,1H3/t12-/m1/s1. The van der Waals surface area contributed by atoms with Crippen LogP contribution in [0.5, 0.6) is 0 Å². The number of ether oxygens (including phenoxy) is 1. The van der Waals surface area contributed by atoms with E-state index >= 15 is 0 Å². The number of nitro benzene ring substituents is 1. The quantitative estimate of drug-likeness (QED) is 0.381. The number of nitrogens with zero attached hydrogens (tertiary/aromatic N) is 2. The molecule has 0 bridgehead atoms. The van der Waals surface area contributed by atoms with Gasteiger partial charge in [0.25, 0.3) is 11.6 Å². The summed E-state index contributed by atoms with van der Waals surface area (Å²) < 4.78 is 5.02. The zero-order chi connectivity index (χ0) is 17.7. The van der Waals surface area contributed by atoms with Gasteiger partial charge in [0.2, 0.25) is 0 Å². The first-order valence-corrected chi connectivity index (χ1v) is 7.94. The fraction of sp³-hybridized carbons (Fsp3) is 0.500. The monoisotopic (exact) mass is 335 g/mol. The van der Waals surface area contributed by atoms with Crippen molar-refractivity contribution in [2.45, 2.75) is 38.6 Å². The zero-order valence-electron chi connectivity index (χ0n) is 13.6. The van der Waals surface area contributed by atoms with E-state index in [9.17, 15) is 19.7 Å². The van der Waals surface area contributed by atoms with Gasteiger partial charge in [-0.25, -0.2) is 4.79 Å². The third-order valence-electron chi connectivity index (χ3n) is 4.21. The average Bonchev–Trinajstić information content (AvgIpc) is 2.59. The van der Waals surface area contributed by atoms with Gasteiger partial charge in [0.1, 0.15) is 5.69 Å². The molecule has 8 heteroatoms. The number of piperidine rings is 1. The van der Waals surface area contributed by atoms with Crippen LogP contribution in [0.2, 0.25) is 0 Å². The number of likely N-dealkylation sites (tertiary alicyclic amines) is 1. The first-order chi connectivity index (χ1) is 11.4. The average molecular weight is 335 g/mol. The second-order valence-electron chi connectivity index (χ2n) is 5.75. The summed E-state index contributed by atoms with van der Waals surface area (Å²) in [6.07, 6.45) is 3.86. The van der Waals surface area contributed by atoms with E-state index in [1.54, 1.807) is 4.90 Å². The Morgan fingerprint density at radius 1 is 1.42 bits per heavy atom. The summed E-state index contributed by atoms with van der Waals surface area (Å²) in [6.45, 7) is 2.32. The van der Waals surface area contributed by atoms with Gasteiger partial charge < -0.3 is 15.4 Å². The molecular weight excluding hydrogens is 314 g/mol. The van der Waals surface area contributed by atoms with Gasteiger partial charge in [-0.3, -0.25) is 14.9 Å². The second-order valence-corrected chi connectivity index (χ2v) is 5.75. The van der Waals surface area contributed by atoms with Gasteiger partial charge >= 0.3 is 5.97 Å². The van der Waals surface area contributed by atoms with Gasteiger partial charge in [-0.15, -0.1) is 0 Å². The number of anilines is 1. The number of nitrogens with two attached hydrogens (primary N) is 1. The second kappa shape index (κ2) is 7.76. The lowest BCUT2D eigenvalue weighted by Gasteiger charge is -2.35. The van der Waals surface area contributed by atoms with Crippen LogP contribution in [0.25, 0.3) is 0 Å². The number of carbonyl (C=O) groups is 2. The molecular formula is C16H21N3O5. The van der Waals surface area contributed by atoms with Crippen LogP contribution >= 0.6 is 0 Å². The number of rotatable bonds is 5. The van der Waals surface area contributed by atoms with Crippen LogP contribution < -0.4 is 5.73 Å². The zero-order valence-corrected chi connectivity index (χ0v) is 13.6. The fourth-order valence-electron chi connectivity index (χ4n) is 2.88. The Morgan fingerprint density at radius 3 is 2.83 bits per heavy atom. The molecule has 1 aromatic rings. The smallest absolute Gasteiger partial charge is 0.338 e. The SMILES string of the molecule is CC[C@@H]1CCCCN1C(=O)COC(=O)c1ccc(N)c([N+](=O)[O-])c1. The molecule has 0 aliphatic carbocycles. The summed E-state index contributed by atoms with van der Waals surface area (Å²) in [5.74, 6) is -1.02. The molecule has 2 rings (SSSR count). The molecule has 1 fully saturated rings. The van der Waals surface area contributed by atoms with Crippen molar-refractivity contribution in [2.75, 3.05) is 18.9 Å². The van der Waals surface area contributed by atoms with Crippen molar-refractivity contribution in [1.82, 2.24) is 4.90 Å². The lowest BCUT2D eigenvalue weighted by molar-refractivity contribution is -0.383. The third-order valence-corrected chi connectivity index (χ3v) is 4.21. The third kappa shape index (κ3) is 4.01. The topological polar surface area (TPSA) is 116 Å². The largest absolute Gasteiger partial charge is 0.452 e. The van der Waals surface area contributed by atoms with Crippen molar-refractivity contribution in [3.63, 3.8) is 0 Å². The van der Waals surface area contributed by atoms with Gasteiger partial charge in [0, 0.05) is 18.7 Å². The Labute approximate surface area is 139 Å². The first kappa shape index (κ1) is 17.7. The summed E-state index contributed by atoms with van der Waals surface area (Å²) in [7, 11) is 0. The van der Waals surface area contributed by atoms with Crippen molar-refractivity contribution in [3.05, 3.63) is 33.9 Å². The van der Waals surface area contributed by atoms with E-state index in [0.717, 1.165) is 31.7 Å². The molecule has 1 amide bonds. The first-order valence-electron chi connectivity index (χ1n) is 7.94. The highest BCUT2D eigenvalue weighted by Crippen LogP contribution is 2.23. The molecule has 1 aliphatic rings. The summed E-state index contributed by atoms with van der Waals surface area (Å²) in [5.41, 5.74) is 5.08. The van der Waals surface area contributed by atoms with Crippen LogP contribution in [0.3, 0.4) is 0 Å². The highest BCUT2D eigenvalue weighted by molar-refractivity contribution is 5.92. The van der Waals surface area contributed by atoms with Gasteiger partial charge in [-0.05, 0) is 37.8 Å².